The van der Waals surface area contributed by atoms with Gasteiger partial charge in [0.1, 0.15) is 0 Å². The van der Waals surface area contributed by atoms with E-state index < -0.39 is 0 Å². The molecule has 0 fully saturated rings. The van der Waals surface area contributed by atoms with Crippen LogP contribution in [0.3, 0.4) is 0 Å². The molecule has 0 radical (unpaired) electrons. The van der Waals surface area contributed by atoms with Crippen molar-refractivity contribution in [2.45, 2.75) is 20.8 Å². The molecule has 2 rings (SSSR count). The molecule has 0 N–H and O–H groups in total. The molecule has 1 amide bonds. The zero-order valence-electron chi connectivity index (χ0n) is 12.0. The van der Waals surface area contributed by atoms with Gasteiger partial charge in [-0.15, -0.1) is 0 Å². The van der Waals surface area contributed by atoms with Gasteiger partial charge in [-0.2, -0.15) is 0 Å². The van der Waals surface area contributed by atoms with Crippen LogP contribution < -0.4 is 4.90 Å². The number of amides is 1. The van der Waals surface area contributed by atoms with Crippen LogP contribution >= 0.6 is 15.9 Å². The smallest absolute Gasteiger partial charge is 0.258 e. The number of hydrogen-bond acceptors (Lipinski definition) is 1. The van der Waals surface area contributed by atoms with Gasteiger partial charge in [-0.25, -0.2) is 0 Å². The number of aryl methyl sites for hydroxylation is 1. The predicted molar refractivity (Wildman–Crippen MR) is 87.4 cm³/mol. The molecule has 0 unspecified atom stereocenters. The van der Waals surface area contributed by atoms with Crippen molar-refractivity contribution in [1.82, 2.24) is 0 Å². The lowest BCUT2D eigenvalue weighted by Crippen LogP contribution is -2.31. The molecule has 0 heterocycles. The van der Waals surface area contributed by atoms with Gasteiger partial charge in [0, 0.05) is 22.3 Å². The number of nitrogens with zero attached hydrogens (tertiary/aromatic N) is 1. The summed E-state index contributed by atoms with van der Waals surface area (Å²) in [6.45, 7) is 6.63. The lowest BCUT2D eigenvalue weighted by atomic mass is 10.1. The number of benzene rings is 2. The molecule has 3 heteroatoms. The van der Waals surface area contributed by atoms with Crippen LogP contribution in [0.1, 0.15) is 28.4 Å². The Kier molecular flexibility index (Phi) is 4.61. The fourth-order valence-corrected chi connectivity index (χ4v) is 2.59. The first-order chi connectivity index (χ1) is 9.54. The van der Waals surface area contributed by atoms with E-state index in [9.17, 15) is 4.79 Å². The maximum atomic E-state index is 12.8. The zero-order chi connectivity index (χ0) is 14.7. The van der Waals surface area contributed by atoms with Gasteiger partial charge in [-0.3, -0.25) is 4.79 Å². The SMILES string of the molecule is CCN(C(=O)c1cccc(Br)c1C)c1cccc(C)c1. The van der Waals surface area contributed by atoms with Crippen LogP contribution in [-0.2, 0) is 0 Å². The minimum absolute atomic E-state index is 0.0388. The van der Waals surface area contributed by atoms with Crippen molar-refractivity contribution in [3.05, 3.63) is 63.6 Å². The molecule has 2 aromatic rings. The van der Waals surface area contributed by atoms with E-state index in [1.807, 2.05) is 68.1 Å². The van der Waals surface area contributed by atoms with Gasteiger partial charge in [0.2, 0.25) is 0 Å². The molecule has 2 aromatic carbocycles. The number of anilines is 1. The molecule has 0 bridgehead atoms. The molecule has 0 saturated heterocycles. The maximum absolute atomic E-state index is 12.8. The molecule has 20 heavy (non-hydrogen) atoms. The molecular formula is C17H18BrNO. The second-order valence-corrected chi connectivity index (χ2v) is 5.66. The summed E-state index contributed by atoms with van der Waals surface area (Å²) >= 11 is 3.48. The first kappa shape index (κ1) is 14.8. The highest BCUT2D eigenvalue weighted by Gasteiger charge is 2.18. The van der Waals surface area contributed by atoms with Crippen LogP contribution in [0.2, 0.25) is 0 Å². The third-order valence-electron chi connectivity index (χ3n) is 3.37. The van der Waals surface area contributed by atoms with E-state index in [0.29, 0.717) is 6.54 Å². The number of hydrogen-bond donors (Lipinski definition) is 0. The molecule has 0 spiro atoms. The van der Waals surface area contributed by atoms with Gasteiger partial charge in [-0.05, 0) is 56.2 Å². The number of rotatable bonds is 3. The second-order valence-electron chi connectivity index (χ2n) is 4.80. The summed E-state index contributed by atoms with van der Waals surface area (Å²) in [6, 6.07) is 13.8. The minimum atomic E-state index is 0.0388. The molecule has 0 aliphatic carbocycles. The molecule has 0 aromatic heterocycles. The molecule has 0 aliphatic rings. The van der Waals surface area contributed by atoms with Crippen LogP contribution in [-0.4, -0.2) is 12.5 Å². The first-order valence-corrected chi connectivity index (χ1v) is 7.47. The summed E-state index contributed by atoms with van der Waals surface area (Å²) in [7, 11) is 0. The fraction of sp³-hybridized carbons (Fsp3) is 0.235. The van der Waals surface area contributed by atoms with Gasteiger partial charge < -0.3 is 4.90 Å². The predicted octanol–water partition coefficient (Wildman–Crippen LogP) is 4.73. The summed E-state index contributed by atoms with van der Waals surface area (Å²) in [5, 5.41) is 0. The van der Waals surface area contributed by atoms with Gasteiger partial charge in [0.05, 0.1) is 0 Å². The zero-order valence-corrected chi connectivity index (χ0v) is 13.6. The molecular weight excluding hydrogens is 314 g/mol. The van der Waals surface area contributed by atoms with Crippen molar-refractivity contribution in [2.24, 2.45) is 0 Å². The standard InChI is InChI=1S/C17H18BrNO/c1-4-19(14-8-5-7-12(2)11-14)17(20)15-9-6-10-16(18)13(15)3/h5-11H,4H2,1-3H3. The summed E-state index contributed by atoms with van der Waals surface area (Å²) in [5.74, 6) is 0.0388. The van der Waals surface area contributed by atoms with E-state index in [0.717, 1.165) is 26.9 Å². The Hall–Kier alpha value is -1.61. The van der Waals surface area contributed by atoms with E-state index in [1.54, 1.807) is 0 Å². The van der Waals surface area contributed by atoms with Crippen molar-refractivity contribution in [1.29, 1.82) is 0 Å². The molecule has 0 saturated carbocycles. The van der Waals surface area contributed by atoms with Gasteiger partial charge in [0.15, 0.2) is 0 Å². The van der Waals surface area contributed by atoms with Crippen LogP contribution in [0, 0.1) is 13.8 Å². The minimum Gasteiger partial charge on any atom is -0.309 e. The quantitative estimate of drug-likeness (QED) is 0.795. The second kappa shape index (κ2) is 6.23. The van der Waals surface area contributed by atoms with Crippen molar-refractivity contribution in [3.8, 4) is 0 Å². The number of halogens is 1. The van der Waals surface area contributed by atoms with Crippen LogP contribution in [0.5, 0.6) is 0 Å². The van der Waals surface area contributed by atoms with E-state index in [1.165, 1.54) is 0 Å². The lowest BCUT2D eigenvalue weighted by Gasteiger charge is -2.22. The third kappa shape index (κ3) is 2.93. The lowest BCUT2D eigenvalue weighted by molar-refractivity contribution is 0.0987. The van der Waals surface area contributed by atoms with Gasteiger partial charge >= 0.3 is 0 Å². The normalized spacial score (nSPS) is 10.4. The molecule has 0 atom stereocenters. The van der Waals surface area contributed by atoms with Gasteiger partial charge in [0.25, 0.3) is 5.91 Å². The molecule has 0 aliphatic heterocycles. The third-order valence-corrected chi connectivity index (χ3v) is 4.23. The average Bonchev–Trinajstić information content (AvgIpc) is 2.42. The Labute approximate surface area is 128 Å². The Morgan fingerprint density at radius 1 is 1.15 bits per heavy atom. The van der Waals surface area contributed by atoms with Crippen molar-refractivity contribution in [3.63, 3.8) is 0 Å². The van der Waals surface area contributed by atoms with E-state index in [4.69, 9.17) is 0 Å². The Morgan fingerprint density at radius 2 is 1.85 bits per heavy atom. The van der Waals surface area contributed by atoms with Gasteiger partial charge in [-0.1, -0.05) is 34.1 Å². The van der Waals surface area contributed by atoms with Crippen LogP contribution in [0.25, 0.3) is 0 Å². The largest absolute Gasteiger partial charge is 0.309 e. The summed E-state index contributed by atoms with van der Waals surface area (Å²) in [4.78, 5) is 14.6. The van der Waals surface area contributed by atoms with Crippen molar-refractivity contribution < 1.29 is 4.79 Å². The highest BCUT2D eigenvalue weighted by molar-refractivity contribution is 9.10. The molecule has 2 nitrogen and oxygen atoms in total. The summed E-state index contributed by atoms with van der Waals surface area (Å²) in [6.07, 6.45) is 0. The average molecular weight is 332 g/mol. The maximum Gasteiger partial charge on any atom is 0.258 e. The Balaban J connectivity index is 2.42. The van der Waals surface area contributed by atoms with Crippen LogP contribution in [0.15, 0.2) is 46.9 Å². The highest BCUT2D eigenvalue weighted by atomic mass is 79.9. The summed E-state index contributed by atoms with van der Waals surface area (Å²) in [5.41, 5.74) is 3.81. The van der Waals surface area contributed by atoms with Crippen molar-refractivity contribution in [2.75, 3.05) is 11.4 Å². The van der Waals surface area contributed by atoms with E-state index in [-0.39, 0.29) is 5.91 Å². The topological polar surface area (TPSA) is 20.3 Å². The Morgan fingerprint density at radius 3 is 2.50 bits per heavy atom. The van der Waals surface area contributed by atoms with E-state index >= 15 is 0 Å². The van der Waals surface area contributed by atoms with Crippen molar-refractivity contribution >= 4 is 27.5 Å². The summed E-state index contributed by atoms with van der Waals surface area (Å²) < 4.78 is 0.962. The Bertz CT molecular complexity index is 637. The molecule has 104 valence electrons. The monoisotopic (exact) mass is 331 g/mol. The number of carbonyl (C=O) groups is 1. The number of carbonyl (C=O) groups excluding carboxylic acids is 1. The van der Waals surface area contributed by atoms with E-state index in [2.05, 4.69) is 15.9 Å². The first-order valence-electron chi connectivity index (χ1n) is 6.68. The van der Waals surface area contributed by atoms with Crippen LogP contribution in [0.4, 0.5) is 5.69 Å². The fourth-order valence-electron chi connectivity index (χ4n) is 2.22. The highest BCUT2D eigenvalue weighted by Crippen LogP contribution is 2.23.